The van der Waals surface area contributed by atoms with Crippen LogP contribution in [0.25, 0.3) is 0 Å². The molecule has 0 saturated heterocycles. The fraction of sp³-hybridized carbons (Fsp3) is 0.200. The van der Waals surface area contributed by atoms with Gasteiger partial charge in [0, 0.05) is 6.21 Å². The molecule has 32 heavy (non-hydrogen) atoms. The van der Waals surface area contributed by atoms with Crippen LogP contribution < -0.4 is 22.1 Å². The summed E-state index contributed by atoms with van der Waals surface area (Å²) in [5, 5.41) is 22.5. The van der Waals surface area contributed by atoms with Crippen molar-refractivity contribution in [3.63, 3.8) is 0 Å². The molecule has 0 bridgehead atoms. The fourth-order valence-corrected chi connectivity index (χ4v) is 6.07. The number of nitrogens with zero attached hydrogens (tertiary/aromatic N) is 1. The Morgan fingerprint density at radius 2 is 1.66 bits per heavy atom. The molecule has 5 nitrogen and oxygen atoms in total. The molecule has 0 fully saturated rings. The quantitative estimate of drug-likeness (QED) is 0.295. The molecule has 0 aliphatic rings. The Hall–Kier alpha value is -2.45. The number of aliphatic imine (C=N–C) groups is 1. The minimum atomic E-state index is -1.23. The third-order valence-electron chi connectivity index (χ3n) is 4.32. The van der Waals surface area contributed by atoms with E-state index >= 15 is 0 Å². The van der Waals surface area contributed by atoms with Crippen molar-refractivity contribution in [1.82, 2.24) is 0 Å². The van der Waals surface area contributed by atoms with E-state index in [9.17, 15) is 15.0 Å². The molecule has 3 aromatic carbocycles. The van der Waals surface area contributed by atoms with Crippen molar-refractivity contribution in [1.29, 1.82) is 0 Å². The first kappa shape index (κ1) is 25.8. The minimum absolute atomic E-state index is 0.259. The Bertz CT molecular complexity index is 946. The number of rotatable bonds is 9. The predicted octanol–water partition coefficient (Wildman–Crippen LogP) is 1.40. The van der Waals surface area contributed by atoms with Crippen LogP contribution in [0.3, 0.4) is 0 Å². The third-order valence-corrected chi connectivity index (χ3v) is 8.51. The zero-order valence-corrected chi connectivity index (χ0v) is 21.7. The molecule has 7 heteroatoms. The van der Waals surface area contributed by atoms with E-state index < -0.39 is 33.2 Å². The van der Waals surface area contributed by atoms with E-state index in [0.717, 1.165) is 0 Å². The van der Waals surface area contributed by atoms with Crippen LogP contribution in [-0.2, 0) is 4.79 Å². The van der Waals surface area contributed by atoms with Crippen molar-refractivity contribution in [3.05, 3.63) is 84.4 Å². The average molecular weight is 554 g/mol. The predicted molar refractivity (Wildman–Crippen MR) is 130 cm³/mol. The number of benzene rings is 3. The second kappa shape index (κ2) is 14.6. The molecule has 0 heterocycles. The molecule has 0 aliphatic carbocycles. The first-order valence-corrected chi connectivity index (χ1v) is 14.2. The SMILES string of the molecule is COc1ccc(C=N[C@@H](CCSC)C(=O)[O-])c([O-])c1.c1cc[c]([Sn+2][c]2ccccc2)cc1. The van der Waals surface area contributed by atoms with Gasteiger partial charge in [-0.05, 0) is 36.1 Å². The summed E-state index contributed by atoms with van der Waals surface area (Å²) in [6, 6.07) is 25.2. The van der Waals surface area contributed by atoms with Crippen molar-refractivity contribution >= 4 is 52.2 Å². The van der Waals surface area contributed by atoms with Crippen LogP contribution in [-0.4, -0.2) is 58.5 Å². The van der Waals surface area contributed by atoms with Crippen molar-refractivity contribution in [3.8, 4) is 11.5 Å². The van der Waals surface area contributed by atoms with Crippen LogP contribution in [0.2, 0.25) is 0 Å². The topological polar surface area (TPSA) is 84.8 Å². The number of hydrogen-bond acceptors (Lipinski definition) is 6. The van der Waals surface area contributed by atoms with Gasteiger partial charge in [-0.1, -0.05) is 11.8 Å². The monoisotopic (exact) mass is 555 g/mol. The standard InChI is InChI=1S/C13H17NO4S.2C6H5.Sn/c1-18-10-4-3-9(12(15)7-10)8-14-11(13(16)17)5-6-19-2;2*1-2-4-6-5-3-1;/h3-4,7-8,11,15H,5-6H2,1-2H3,(H,16,17);2*1-5H;/q;;;+2/p-2/t11-;;;/m0.../s1. The van der Waals surface area contributed by atoms with Gasteiger partial charge >= 0.3 is 89.0 Å². The van der Waals surface area contributed by atoms with E-state index in [1.54, 1.807) is 12.1 Å². The van der Waals surface area contributed by atoms with Gasteiger partial charge in [-0.15, -0.1) is 0 Å². The van der Waals surface area contributed by atoms with Gasteiger partial charge < -0.3 is 19.7 Å². The summed E-state index contributed by atoms with van der Waals surface area (Å²) in [5.74, 6) is -0.361. The molecule has 164 valence electrons. The molecule has 0 radical (unpaired) electrons. The summed E-state index contributed by atoms with van der Waals surface area (Å²) in [6.45, 7) is 0. The van der Waals surface area contributed by atoms with Crippen LogP contribution in [0.4, 0.5) is 0 Å². The van der Waals surface area contributed by atoms with E-state index in [0.29, 0.717) is 23.5 Å². The van der Waals surface area contributed by atoms with Crippen LogP contribution in [0.5, 0.6) is 11.5 Å². The van der Waals surface area contributed by atoms with Crippen molar-refractivity contribution in [2.75, 3.05) is 19.1 Å². The average Bonchev–Trinajstić information content (AvgIpc) is 2.81. The van der Waals surface area contributed by atoms with Crippen molar-refractivity contribution in [2.45, 2.75) is 12.5 Å². The van der Waals surface area contributed by atoms with Crippen LogP contribution >= 0.6 is 11.8 Å². The summed E-state index contributed by atoms with van der Waals surface area (Å²) in [4.78, 5) is 14.8. The van der Waals surface area contributed by atoms with Crippen LogP contribution in [0.1, 0.15) is 12.0 Å². The fourth-order valence-electron chi connectivity index (χ4n) is 2.61. The molecule has 3 rings (SSSR count). The molecule has 0 aliphatic heterocycles. The Balaban J connectivity index is 0.000000242. The molecule has 0 unspecified atom stereocenters. The first-order chi connectivity index (χ1) is 15.5. The molecular formula is C25H25NO4SSn. The molecule has 3 aromatic rings. The van der Waals surface area contributed by atoms with Gasteiger partial charge in [0.2, 0.25) is 0 Å². The number of aliphatic carboxylic acids is 1. The number of thioether (sulfide) groups is 1. The zero-order valence-electron chi connectivity index (χ0n) is 18.1. The number of carboxylic acid groups (broad SMARTS) is 1. The second-order valence-corrected chi connectivity index (χ2v) is 11.7. The summed E-state index contributed by atoms with van der Waals surface area (Å²) in [7, 11) is 1.47. The molecule has 0 amide bonds. The number of hydrogen-bond donors (Lipinski definition) is 0. The first-order valence-electron chi connectivity index (χ1n) is 9.98. The Kier molecular flexibility index (Phi) is 11.8. The van der Waals surface area contributed by atoms with Gasteiger partial charge in [0.15, 0.2) is 0 Å². The summed E-state index contributed by atoms with van der Waals surface area (Å²) >= 11 is 1.02. The van der Waals surface area contributed by atoms with Gasteiger partial charge in [0.05, 0.1) is 19.1 Å². The van der Waals surface area contributed by atoms with E-state index in [4.69, 9.17) is 4.74 Å². The van der Waals surface area contributed by atoms with E-state index in [1.807, 2.05) is 6.26 Å². The Morgan fingerprint density at radius 3 is 2.12 bits per heavy atom. The number of ether oxygens (including phenoxy) is 1. The normalized spacial score (nSPS) is 11.2. The molecule has 0 spiro atoms. The maximum absolute atomic E-state index is 11.7. The van der Waals surface area contributed by atoms with E-state index in [-0.39, 0.29) is 5.75 Å². The molecular weight excluding hydrogens is 529 g/mol. The van der Waals surface area contributed by atoms with Crippen LogP contribution in [0, 0.1) is 0 Å². The van der Waals surface area contributed by atoms with Crippen molar-refractivity contribution < 1.29 is 19.7 Å². The molecule has 0 N–H and O–H groups in total. The number of carbonyl (C=O) groups excluding carboxylic acids is 1. The number of carbonyl (C=O) groups is 1. The maximum atomic E-state index is 11.7. The number of carboxylic acids is 1. The molecule has 0 saturated carbocycles. The summed E-state index contributed by atoms with van der Waals surface area (Å²) in [6.07, 6.45) is 3.54. The van der Waals surface area contributed by atoms with E-state index in [1.165, 1.54) is 38.3 Å². The molecule has 0 aromatic heterocycles. The summed E-state index contributed by atoms with van der Waals surface area (Å²) in [5.41, 5.74) is 0.330. The van der Waals surface area contributed by atoms with Crippen molar-refractivity contribution in [2.24, 2.45) is 4.99 Å². The van der Waals surface area contributed by atoms with Gasteiger partial charge in [-0.25, -0.2) is 0 Å². The molecule has 1 atom stereocenters. The van der Waals surface area contributed by atoms with Gasteiger partial charge in [-0.3, -0.25) is 4.99 Å². The second-order valence-electron chi connectivity index (χ2n) is 6.66. The Morgan fingerprint density at radius 1 is 1.06 bits per heavy atom. The van der Waals surface area contributed by atoms with Gasteiger partial charge in [0.25, 0.3) is 0 Å². The van der Waals surface area contributed by atoms with E-state index in [2.05, 4.69) is 65.7 Å². The van der Waals surface area contributed by atoms with Gasteiger partial charge in [0.1, 0.15) is 5.75 Å². The van der Waals surface area contributed by atoms with Crippen LogP contribution in [0.15, 0.2) is 83.9 Å². The zero-order chi connectivity index (χ0) is 23.2. The van der Waals surface area contributed by atoms with Gasteiger partial charge in [-0.2, -0.15) is 11.8 Å². The third kappa shape index (κ3) is 9.36. The Labute approximate surface area is 203 Å². The summed E-state index contributed by atoms with van der Waals surface area (Å²) < 4.78 is 7.99. The number of methoxy groups -OCH3 is 1.